The molecule has 0 spiro atoms. The molecule has 0 aliphatic heterocycles. The first-order chi connectivity index (χ1) is 18.8. The molecule has 0 unspecified atom stereocenters. The lowest BCUT2D eigenvalue weighted by molar-refractivity contribution is -0.678. The van der Waals surface area contributed by atoms with Gasteiger partial charge in [-0.3, -0.25) is 0 Å². The number of aromatic amines is 1. The number of para-hydroxylation sites is 1. The van der Waals surface area contributed by atoms with Crippen molar-refractivity contribution in [1.29, 1.82) is 0 Å². The first-order valence-electron chi connectivity index (χ1n) is 13.0. The molecule has 1 N–H and O–H groups in total. The van der Waals surface area contributed by atoms with E-state index in [4.69, 9.17) is 0 Å². The lowest BCUT2D eigenvalue weighted by Crippen LogP contribution is -3.00. The van der Waals surface area contributed by atoms with Gasteiger partial charge in [-0.1, -0.05) is 48.5 Å². The molecule has 0 bridgehead atoms. The summed E-state index contributed by atoms with van der Waals surface area (Å²) in [6.07, 6.45) is 6.32. The van der Waals surface area contributed by atoms with Crippen LogP contribution in [0.3, 0.4) is 0 Å². The van der Waals surface area contributed by atoms with Crippen molar-refractivity contribution >= 4 is 0 Å². The lowest BCUT2D eigenvalue weighted by Gasteiger charge is -2.10. The Bertz CT molecular complexity index is 1710. The minimum atomic E-state index is 0. The van der Waals surface area contributed by atoms with E-state index in [0.717, 1.165) is 17.9 Å². The van der Waals surface area contributed by atoms with Crippen molar-refractivity contribution in [3.05, 3.63) is 157 Å². The first-order valence-corrected chi connectivity index (χ1v) is 13.0. The number of nitrogens with one attached hydrogen (secondary N) is 1. The van der Waals surface area contributed by atoms with Gasteiger partial charge in [0.1, 0.15) is 5.56 Å². The molecule has 3 aromatic carbocycles. The van der Waals surface area contributed by atoms with Crippen molar-refractivity contribution in [2.24, 2.45) is 0 Å². The molecule has 6 rings (SSSR count). The maximum Gasteiger partial charge on any atom is 0.225 e. The highest BCUT2D eigenvalue weighted by atomic mass is 127. The van der Waals surface area contributed by atoms with E-state index in [9.17, 15) is 0 Å². The van der Waals surface area contributed by atoms with Crippen molar-refractivity contribution in [3.8, 4) is 39.5 Å². The predicted molar refractivity (Wildman–Crippen MR) is 151 cm³/mol. The van der Waals surface area contributed by atoms with Crippen LogP contribution in [0.5, 0.6) is 0 Å². The number of halogens is 1. The van der Waals surface area contributed by atoms with E-state index in [1.54, 1.807) is 0 Å². The maximum absolute atomic E-state index is 3.40. The first kappa shape index (κ1) is 26.4. The second-order valence-electron chi connectivity index (χ2n) is 9.44. The molecule has 190 valence electrons. The number of H-pyrrole nitrogens is 1. The molecule has 0 saturated carbocycles. The smallest absolute Gasteiger partial charge is 0.225 e. The number of pyridine rings is 3. The fourth-order valence-corrected chi connectivity index (χ4v) is 5.16. The molecule has 3 heterocycles. The van der Waals surface area contributed by atoms with Crippen LogP contribution in [0, 0.1) is 6.92 Å². The van der Waals surface area contributed by atoms with Crippen molar-refractivity contribution in [2.75, 3.05) is 0 Å². The quantitative estimate of drug-likeness (QED) is 0.202. The third-order valence-corrected chi connectivity index (χ3v) is 7.02. The third kappa shape index (κ3) is 5.52. The van der Waals surface area contributed by atoms with Gasteiger partial charge in [-0.15, -0.1) is 0 Å². The van der Waals surface area contributed by atoms with Crippen LogP contribution in [0.25, 0.3) is 39.5 Å². The molecule has 0 fully saturated rings. The van der Waals surface area contributed by atoms with E-state index in [1.807, 2.05) is 12.3 Å². The van der Waals surface area contributed by atoms with Crippen molar-refractivity contribution in [1.82, 2.24) is 0 Å². The number of nitrogens with zero attached hydrogens (tertiary/aromatic N) is 2. The van der Waals surface area contributed by atoms with Gasteiger partial charge in [0.2, 0.25) is 22.8 Å². The average molecular weight is 620 g/mol. The Morgan fingerprint density at radius 3 is 2.00 bits per heavy atom. The van der Waals surface area contributed by atoms with E-state index in [-0.39, 0.29) is 24.0 Å². The molecule has 3 aromatic heterocycles. The SMILES string of the molecule is Cc1ccccc1-c1cccc[n+]1-c1ccccc1-c1cccc[n+]1Cc1ccccc1-c1cccc[nH+]1.[I-]. The summed E-state index contributed by atoms with van der Waals surface area (Å²) < 4.78 is 4.65. The van der Waals surface area contributed by atoms with E-state index in [0.29, 0.717) is 0 Å². The van der Waals surface area contributed by atoms with E-state index >= 15 is 0 Å². The molecule has 0 aliphatic rings. The normalized spacial score (nSPS) is 10.6. The fourth-order valence-electron chi connectivity index (χ4n) is 5.16. The number of benzene rings is 3. The van der Waals surface area contributed by atoms with Crippen LogP contribution in [0.1, 0.15) is 11.1 Å². The number of aromatic nitrogens is 3. The number of aryl methyl sites for hydroxylation is 1. The van der Waals surface area contributed by atoms with Gasteiger partial charge < -0.3 is 24.0 Å². The van der Waals surface area contributed by atoms with Gasteiger partial charge in [0.25, 0.3) is 0 Å². The predicted octanol–water partition coefficient (Wildman–Crippen LogP) is 3.43. The zero-order valence-electron chi connectivity index (χ0n) is 21.8. The van der Waals surface area contributed by atoms with Crippen LogP contribution in [0.2, 0.25) is 0 Å². The van der Waals surface area contributed by atoms with Crippen molar-refractivity contribution < 1.29 is 38.1 Å². The van der Waals surface area contributed by atoms with Gasteiger partial charge >= 0.3 is 0 Å². The van der Waals surface area contributed by atoms with Crippen LogP contribution < -0.4 is 38.1 Å². The fraction of sp³-hybridized carbons (Fsp3) is 0.0571. The summed E-state index contributed by atoms with van der Waals surface area (Å²) in [5.41, 5.74) is 10.8. The van der Waals surface area contributed by atoms with E-state index in [2.05, 4.69) is 155 Å². The summed E-state index contributed by atoms with van der Waals surface area (Å²) in [7, 11) is 0. The van der Waals surface area contributed by atoms with Gasteiger partial charge in [-0.2, -0.15) is 9.13 Å². The number of rotatable bonds is 6. The Hall–Kier alpha value is -4.16. The molecular weight excluding hydrogens is 589 g/mol. The summed E-state index contributed by atoms with van der Waals surface area (Å²) in [5.74, 6) is 0. The zero-order chi connectivity index (χ0) is 25.7. The maximum atomic E-state index is 3.40. The summed E-state index contributed by atoms with van der Waals surface area (Å²) in [6, 6.07) is 44.9. The van der Waals surface area contributed by atoms with Crippen LogP contribution in [-0.2, 0) is 6.54 Å². The van der Waals surface area contributed by atoms with E-state index in [1.165, 1.54) is 39.2 Å². The molecule has 39 heavy (non-hydrogen) atoms. The standard InChI is InChI=1S/C35H29N3.HI/c1-27-14-2-4-16-29(27)34-22-10-13-25-38(34)35-21-7-6-18-31(35)33-20-9-12-24-37(33)26-28-15-3-5-17-30(28)32-19-8-11-23-36-32;/h2-25H,26H2,1H3;1H/q+2;. The molecule has 4 heteroatoms. The topological polar surface area (TPSA) is 21.9 Å². The van der Waals surface area contributed by atoms with Gasteiger partial charge in [0.05, 0.1) is 5.56 Å². The van der Waals surface area contributed by atoms with Crippen molar-refractivity contribution in [3.63, 3.8) is 0 Å². The summed E-state index contributed by atoms with van der Waals surface area (Å²) in [5, 5.41) is 0. The highest BCUT2D eigenvalue weighted by molar-refractivity contribution is 5.67. The van der Waals surface area contributed by atoms with E-state index < -0.39 is 0 Å². The Morgan fingerprint density at radius 2 is 1.21 bits per heavy atom. The van der Waals surface area contributed by atoms with Crippen LogP contribution >= 0.6 is 0 Å². The average Bonchev–Trinajstić information content (AvgIpc) is 2.99. The number of hydrogen-bond acceptors (Lipinski definition) is 0. The molecular formula is C35H30IN3+2. The Balaban J connectivity index is 0.00000308. The zero-order valence-corrected chi connectivity index (χ0v) is 24.0. The van der Waals surface area contributed by atoms with Gasteiger partial charge in [0, 0.05) is 53.6 Å². The monoisotopic (exact) mass is 619 g/mol. The minimum Gasteiger partial charge on any atom is -1.00 e. The Labute approximate surface area is 247 Å². The second-order valence-corrected chi connectivity index (χ2v) is 9.44. The molecule has 0 amide bonds. The van der Waals surface area contributed by atoms with Gasteiger partial charge in [0.15, 0.2) is 25.1 Å². The summed E-state index contributed by atoms with van der Waals surface area (Å²) in [6.45, 7) is 2.93. The highest BCUT2D eigenvalue weighted by Gasteiger charge is 2.25. The molecule has 0 saturated heterocycles. The molecule has 0 radical (unpaired) electrons. The second kappa shape index (κ2) is 12.1. The lowest BCUT2D eigenvalue weighted by atomic mass is 10.0. The van der Waals surface area contributed by atoms with Gasteiger partial charge in [-0.25, -0.2) is 4.98 Å². The van der Waals surface area contributed by atoms with Crippen LogP contribution in [0.4, 0.5) is 0 Å². The summed E-state index contributed by atoms with van der Waals surface area (Å²) in [4.78, 5) is 3.40. The van der Waals surface area contributed by atoms with Crippen molar-refractivity contribution in [2.45, 2.75) is 13.5 Å². The molecule has 3 nitrogen and oxygen atoms in total. The molecule has 0 aliphatic carbocycles. The largest absolute Gasteiger partial charge is 1.00 e. The third-order valence-electron chi connectivity index (χ3n) is 7.02. The van der Waals surface area contributed by atoms with Crippen LogP contribution in [0.15, 0.2) is 146 Å². The molecule has 0 atom stereocenters. The Morgan fingerprint density at radius 1 is 0.564 bits per heavy atom. The van der Waals surface area contributed by atoms with Crippen LogP contribution in [-0.4, -0.2) is 0 Å². The highest BCUT2D eigenvalue weighted by Crippen LogP contribution is 2.26. The minimum absolute atomic E-state index is 0. The molecule has 6 aromatic rings. The number of hydrogen-bond donors (Lipinski definition) is 0. The summed E-state index contributed by atoms with van der Waals surface area (Å²) >= 11 is 0. The van der Waals surface area contributed by atoms with Gasteiger partial charge in [-0.05, 0) is 48.9 Å². The Kier molecular flexibility index (Phi) is 8.23.